The van der Waals surface area contributed by atoms with E-state index in [0.29, 0.717) is 13.0 Å². The molecule has 0 unspecified atom stereocenters. The predicted octanol–water partition coefficient (Wildman–Crippen LogP) is 1.71. The van der Waals surface area contributed by atoms with Crippen molar-refractivity contribution in [2.45, 2.75) is 19.5 Å². The Morgan fingerprint density at radius 1 is 1.47 bits per heavy atom. The lowest BCUT2D eigenvalue weighted by atomic mass is 10.1. The van der Waals surface area contributed by atoms with Gasteiger partial charge in [0.25, 0.3) is 0 Å². The van der Waals surface area contributed by atoms with Crippen LogP contribution in [0.15, 0.2) is 6.07 Å². The van der Waals surface area contributed by atoms with Crippen LogP contribution in [0.3, 0.4) is 0 Å². The molecule has 104 valence electrons. The molecule has 1 aromatic heterocycles. The molecule has 0 saturated carbocycles. The number of rotatable bonds is 2. The van der Waals surface area contributed by atoms with E-state index in [4.69, 9.17) is 5.11 Å². The van der Waals surface area contributed by atoms with Crippen LogP contribution in [0.25, 0.3) is 0 Å². The highest BCUT2D eigenvalue weighted by atomic mass is 19.4. The van der Waals surface area contributed by atoms with Gasteiger partial charge in [0, 0.05) is 19.2 Å². The minimum absolute atomic E-state index is 0.0172. The maximum absolute atomic E-state index is 12.6. The summed E-state index contributed by atoms with van der Waals surface area (Å²) in [5, 5.41) is 8.88. The van der Waals surface area contributed by atoms with E-state index in [2.05, 4.69) is 9.97 Å². The monoisotopic (exact) mass is 275 g/mol. The Hall–Kier alpha value is -1.86. The van der Waals surface area contributed by atoms with E-state index in [1.165, 1.54) is 6.92 Å². The standard InChI is InChI=1S/C11H12F3N3O2/c1-6-15-8(11(12,13)14)4-9(16-6)17-3-2-7(5-17)10(18)19/h4,7H,2-3,5H2,1H3,(H,18,19)/t7-/m1/s1. The zero-order valence-electron chi connectivity index (χ0n) is 10.1. The fourth-order valence-electron chi connectivity index (χ4n) is 2.03. The first-order valence-electron chi connectivity index (χ1n) is 5.68. The van der Waals surface area contributed by atoms with Crippen LogP contribution in [-0.2, 0) is 11.0 Å². The van der Waals surface area contributed by atoms with Crippen molar-refractivity contribution < 1.29 is 23.1 Å². The molecule has 2 rings (SSSR count). The highest BCUT2D eigenvalue weighted by Crippen LogP contribution is 2.31. The Bertz CT molecular complexity index is 504. The van der Waals surface area contributed by atoms with E-state index in [-0.39, 0.29) is 18.2 Å². The van der Waals surface area contributed by atoms with Gasteiger partial charge >= 0.3 is 12.1 Å². The summed E-state index contributed by atoms with van der Waals surface area (Å²) in [7, 11) is 0. The summed E-state index contributed by atoms with van der Waals surface area (Å²) in [4.78, 5) is 19.7. The molecule has 1 aliphatic rings. The maximum Gasteiger partial charge on any atom is 0.433 e. The van der Waals surface area contributed by atoms with E-state index in [1.807, 2.05) is 0 Å². The molecule has 0 bridgehead atoms. The van der Waals surface area contributed by atoms with Gasteiger partial charge < -0.3 is 10.0 Å². The van der Waals surface area contributed by atoms with Crippen molar-refractivity contribution in [1.82, 2.24) is 9.97 Å². The molecule has 0 aromatic carbocycles. The van der Waals surface area contributed by atoms with Crippen molar-refractivity contribution in [2.75, 3.05) is 18.0 Å². The summed E-state index contributed by atoms with van der Waals surface area (Å²) in [6.07, 6.45) is -4.13. The van der Waals surface area contributed by atoms with Gasteiger partial charge in [0.05, 0.1) is 5.92 Å². The van der Waals surface area contributed by atoms with Crippen LogP contribution in [0.5, 0.6) is 0 Å². The molecule has 5 nitrogen and oxygen atoms in total. The molecule has 19 heavy (non-hydrogen) atoms. The van der Waals surface area contributed by atoms with Crippen LogP contribution in [0.2, 0.25) is 0 Å². The molecule has 0 radical (unpaired) electrons. The highest BCUT2D eigenvalue weighted by Gasteiger charge is 2.35. The second-order valence-corrected chi connectivity index (χ2v) is 4.43. The maximum atomic E-state index is 12.6. The molecule has 2 heterocycles. The van der Waals surface area contributed by atoms with Crippen molar-refractivity contribution in [3.63, 3.8) is 0 Å². The SMILES string of the molecule is Cc1nc(N2CC[C@@H](C(=O)O)C2)cc(C(F)(F)F)n1. The molecule has 1 aromatic rings. The van der Waals surface area contributed by atoms with Gasteiger partial charge in [-0.3, -0.25) is 4.79 Å². The quantitative estimate of drug-likeness (QED) is 0.890. The van der Waals surface area contributed by atoms with Crippen molar-refractivity contribution in [3.05, 3.63) is 17.6 Å². The van der Waals surface area contributed by atoms with Gasteiger partial charge in [-0.2, -0.15) is 13.2 Å². The largest absolute Gasteiger partial charge is 0.481 e. The van der Waals surface area contributed by atoms with Crippen LogP contribution >= 0.6 is 0 Å². The number of hydrogen-bond donors (Lipinski definition) is 1. The summed E-state index contributed by atoms with van der Waals surface area (Å²) < 4.78 is 37.9. The summed E-state index contributed by atoms with van der Waals surface area (Å²) in [6.45, 7) is 1.93. The molecular formula is C11H12F3N3O2. The molecule has 0 spiro atoms. The number of carboxylic acids is 1. The normalized spacial score (nSPS) is 19.8. The molecule has 1 fully saturated rings. The van der Waals surface area contributed by atoms with Crippen molar-refractivity contribution in [2.24, 2.45) is 5.92 Å². The lowest BCUT2D eigenvalue weighted by molar-refractivity contribution is -0.142. The summed E-state index contributed by atoms with van der Waals surface area (Å²) in [5.41, 5.74) is -1.01. The minimum Gasteiger partial charge on any atom is -0.481 e. The first-order valence-corrected chi connectivity index (χ1v) is 5.68. The first-order chi connectivity index (χ1) is 8.77. The number of aliphatic carboxylic acids is 1. The zero-order valence-corrected chi connectivity index (χ0v) is 10.1. The average molecular weight is 275 g/mol. The Kier molecular flexibility index (Phi) is 3.34. The topological polar surface area (TPSA) is 66.3 Å². The molecule has 0 amide bonds. The predicted molar refractivity (Wildman–Crippen MR) is 59.7 cm³/mol. The Balaban J connectivity index is 2.26. The number of aryl methyl sites for hydroxylation is 1. The third kappa shape index (κ3) is 2.94. The van der Waals surface area contributed by atoms with Gasteiger partial charge in [-0.25, -0.2) is 9.97 Å². The Labute approximate surface area is 107 Å². The third-order valence-corrected chi connectivity index (χ3v) is 2.98. The molecule has 1 N–H and O–H groups in total. The smallest absolute Gasteiger partial charge is 0.433 e. The van der Waals surface area contributed by atoms with Crippen molar-refractivity contribution >= 4 is 11.8 Å². The second kappa shape index (κ2) is 4.67. The number of aromatic nitrogens is 2. The van der Waals surface area contributed by atoms with Gasteiger partial charge in [0.15, 0.2) is 0 Å². The summed E-state index contributed by atoms with van der Waals surface area (Å²) in [6, 6.07) is 0.858. The molecule has 1 saturated heterocycles. The van der Waals surface area contributed by atoms with Gasteiger partial charge in [-0.05, 0) is 13.3 Å². The van der Waals surface area contributed by atoms with Crippen LogP contribution in [-0.4, -0.2) is 34.1 Å². The number of carboxylic acid groups (broad SMARTS) is 1. The number of carbonyl (C=O) groups is 1. The number of anilines is 1. The Morgan fingerprint density at radius 2 is 2.16 bits per heavy atom. The van der Waals surface area contributed by atoms with Gasteiger partial charge in [0.2, 0.25) is 0 Å². The summed E-state index contributed by atoms with van der Waals surface area (Å²) in [5.74, 6) is -1.36. The first kappa shape index (κ1) is 13.6. The number of hydrogen-bond acceptors (Lipinski definition) is 4. The highest BCUT2D eigenvalue weighted by molar-refractivity contribution is 5.71. The number of alkyl halides is 3. The number of nitrogens with zero attached hydrogens (tertiary/aromatic N) is 3. The molecular weight excluding hydrogens is 263 g/mol. The molecule has 8 heteroatoms. The van der Waals surface area contributed by atoms with E-state index >= 15 is 0 Å². The average Bonchev–Trinajstić information content (AvgIpc) is 2.76. The van der Waals surface area contributed by atoms with Crippen LogP contribution in [0, 0.1) is 12.8 Å². The van der Waals surface area contributed by atoms with Crippen molar-refractivity contribution in [3.8, 4) is 0 Å². The van der Waals surface area contributed by atoms with Crippen LogP contribution in [0.1, 0.15) is 17.9 Å². The van der Waals surface area contributed by atoms with Crippen LogP contribution < -0.4 is 4.90 Å². The van der Waals surface area contributed by atoms with E-state index in [0.717, 1.165) is 6.07 Å². The second-order valence-electron chi connectivity index (χ2n) is 4.43. The fraction of sp³-hybridized carbons (Fsp3) is 0.545. The van der Waals surface area contributed by atoms with E-state index in [1.54, 1.807) is 4.90 Å². The summed E-state index contributed by atoms with van der Waals surface area (Å²) >= 11 is 0. The molecule has 1 aliphatic heterocycles. The van der Waals surface area contributed by atoms with Gasteiger partial charge in [0.1, 0.15) is 17.3 Å². The van der Waals surface area contributed by atoms with Crippen molar-refractivity contribution in [1.29, 1.82) is 0 Å². The fourth-order valence-corrected chi connectivity index (χ4v) is 2.03. The number of halogens is 3. The minimum atomic E-state index is -4.53. The van der Waals surface area contributed by atoms with E-state index in [9.17, 15) is 18.0 Å². The zero-order chi connectivity index (χ0) is 14.2. The molecule has 1 atom stereocenters. The van der Waals surface area contributed by atoms with Gasteiger partial charge in [-0.15, -0.1) is 0 Å². The van der Waals surface area contributed by atoms with Gasteiger partial charge in [-0.1, -0.05) is 0 Å². The molecule has 0 aliphatic carbocycles. The lowest BCUT2D eigenvalue weighted by Crippen LogP contribution is -2.24. The lowest BCUT2D eigenvalue weighted by Gasteiger charge is -2.18. The third-order valence-electron chi connectivity index (χ3n) is 2.98. The Morgan fingerprint density at radius 3 is 2.68 bits per heavy atom. The van der Waals surface area contributed by atoms with E-state index < -0.39 is 23.8 Å². The van der Waals surface area contributed by atoms with Crippen LogP contribution in [0.4, 0.5) is 19.0 Å².